The van der Waals surface area contributed by atoms with E-state index in [9.17, 15) is 9.90 Å². The third kappa shape index (κ3) is 5.20. The Balaban J connectivity index is 1.43. The lowest BCUT2D eigenvalue weighted by atomic mass is 9.89. The molecule has 1 aliphatic carbocycles. The van der Waals surface area contributed by atoms with Crippen molar-refractivity contribution in [2.45, 2.75) is 52.9 Å². The fourth-order valence-electron chi connectivity index (χ4n) is 5.09. The fraction of sp³-hybridized carbons (Fsp3) is 0.448. The van der Waals surface area contributed by atoms with E-state index >= 15 is 0 Å². The smallest absolute Gasteiger partial charge is 0.306 e. The zero-order valence-electron chi connectivity index (χ0n) is 21.8. The molecule has 2 aromatic carbocycles. The number of aryl methyl sites for hydroxylation is 2. The molecule has 0 radical (unpaired) electrons. The average Bonchev–Trinajstić information content (AvgIpc) is 3.47. The van der Waals surface area contributed by atoms with Gasteiger partial charge in [0.15, 0.2) is 0 Å². The van der Waals surface area contributed by atoms with Gasteiger partial charge in [-0.1, -0.05) is 13.0 Å². The van der Waals surface area contributed by atoms with Gasteiger partial charge in [-0.25, -0.2) is 4.98 Å². The highest BCUT2D eigenvalue weighted by molar-refractivity contribution is 5.71. The second-order valence-corrected chi connectivity index (χ2v) is 9.31. The van der Waals surface area contributed by atoms with Crippen molar-refractivity contribution >= 4 is 11.7 Å². The van der Waals surface area contributed by atoms with Gasteiger partial charge >= 0.3 is 5.97 Å². The topological polar surface area (TPSA) is 85.0 Å². The summed E-state index contributed by atoms with van der Waals surface area (Å²) >= 11 is 0. The van der Waals surface area contributed by atoms with Crippen molar-refractivity contribution in [2.75, 3.05) is 31.7 Å². The molecule has 0 fully saturated rings. The van der Waals surface area contributed by atoms with Crippen LogP contribution < -0.4 is 14.4 Å². The normalized spacial score (nSPS) is 15.4. The minimum Gasteiger partial charge on any atom is -0.495 e. The molecular weight excluding hydrogens is 456 g/mol. The van der Waals surface area contributed by atoms with Gasteiger partial charge in [0.05, 0.1) is 31.0 Å². The van der Waals surface area contributed by atoms with Crippen LogP contribution in [0.3, 0.4) is 0 Å². The second kappa shape index (κ2) is 11.1. The highest BCUT2D eigenvalue weighted by atomic mass is 16.5. The van der Waals surface area contributed by atoms with Gasteiger partial charge in [0, 0.05) is 25.1 Å². The largest absolute Gasteiger partial charge is 0.495 e. The molecule has 7 heteroatoms. The molecule has 0 saturated carbocycles. The number of carboxylic acid groups (broad SMARTS) is 1. The van der Waals surface area contributed by atoms with Gasteiger partial charge in [-0.05, 0) is 81.0 Å². The summed E-state index contributed by atoms with van der Waals surface area (Å²) in [6.45, 7) is 10.2. The lowest BCUT2D eigenvalue weighted by Crippen LogP contribution is -2.22. The Bertz CT molecular complexity index is 1210. The van der Waals surface area contributed by atoms with Crippen LogP contribution >= 0.6 is 0 Å². The number of methoxy groups -OCH3 is 1. The highest BCUT2D eigenvalue weighted by Gasteiger charge is 2.31. The third-order valence-electron chi connectivity index (χ3n) is 7.26. The third-order valence-corrected chi connectivity index (χ3v) is 7.26. The average molecular weight is 493 g/mol. The van der Waals surface area contributed by atoms with E-state index in [2.05, 4.69) is 30.9 Å². The Morgan fingerprint density at radius 3 is 2.69 bits per heavy atom. The lowest BCUT2D eigenvalue weighted by molar-refractivity contribution is -0.141. The Labute approximate surface area is 213 Å². The first-order valence-electron chi connectivity index (χ1n) is 12.7. The maximum absolute atomic E-state index is 11.4. The molecule has 36 heavy (non-hydrogen) atoms. The summed E-state index contributed by atoms with van der Waals surface area (Å²) < 4.78 is 17.6. The molecule has 192 valence electrons. The van der Waals surface area contributed by atoms with Gasteiger partial charge in [0.25, 0.3) is 0 Å². The highest BCUT2D eigenvalue weighted by Crippen LogP contribution is 2.40. The standard InChI is InChI=1S/C29H36N2O5/c1-6-31(7-2)26-17-21(9-13-27(26)34-5)28-30-25(19(4)36-28)14-15-35-22-10-12-24-20(16-22)8-11-23(24)18(3)29(32)33/h9-10,12-13,16-18,23H,6-8,11,14-15H2,1-5H3,(H,32,33)/t18-,23-/m0/s1. The number of nitrogens with zero attached hydrogens (tertiary/aromatic N) is 2. The number of fused-ring (bicyclic) bond motifs is 1. The van der Waals surface area contributed by atoms with E-state index in [0.29, 0.717) is 18.9 Å². The quantitative estimate of drug-likeness (QED) is 0.358. The summed E-state index contributed by atoms with van der Waals surface area (Å²) in [5, 5.41) is 9.38. The Kier molecular flexibility index (Phi) is 7.87. The number of aliphatic carboxylic acids is 1. The molecule has 0 bridgehead atoms. The van der Waals surface area contributed by atoms with Crippen LogP contribution in [0.5, 0.6) is 11.5 Å². The van der Waals surface area contributed by atoms with Gasteiger partial charge in [0.1, 0.15) is 17.3 Å². The van der Waals surface area contributed by atoms with E-state index < -0.39 is 5.97 Å². The van der Waals surface area contributed by atoms with Gasteiger partial charge < -0.3 is 23.9 Å². The molecule has 0 saturated heterocycles. The molecule has 0 amide bonds. The number of hydrogen-bond acceptors (Lipinski definition) is 6. The minimum absolute atomic E-state index is 0.0722. The molecule has 1 aromatic heterocycles. The maximum atomic E-state index is 11.4. The second-order valence-electron chi connectivity index (χ2n) is 9.31. The van der Waals surface area contributed by atoms with Crippen molar-refractivity contribution in [3.63, 3.8) is 0 Å². The van der Waals surface area contributed by atoms with E-state index in [4.69, 9.17) is 18.9 Å². The zero-order valence-corrected chi connectivity index (χ0v) is 21.8. The van der Waals surface area contributed by atoms with Crippen LogP contribution in [0, 0.1) is 12.8 Å². The van der Waals surface area contributed by atoms with Crippen LogP contribution in [0.4, 0.5) is 5.69 Å². The monoisotopic (exact) mass is 492 g/mol. The molecule has 7 nitrogen and oxygen atoms in total. The number of oxazole rings is 1. The predicted molar refractivity (Wildman–Crippen MR) is 140 cm³/mol. The van der Waals surface area contributed by atoms with Crippen molar-refractivity contribution in [2.24, 2.45) is 5.92 Å². The van der Waals surface area contributed by atoms with Gasteiger partial charge in [0.2, 0.25) is 5.89 Å². The van der Waals surface area contributed by atoms with Crippen LogP contribution in [0.2, 0.25) is 0 Å². The molecule has 1 N–H and O–H groups in total. The van der Waals surface area contributed by atoms with Crippen LogP contribution in [0.15, 0.2) is 40.8 Å². The van der Waals surface area contributed by atoms with Crippen LogP contribution in [-0.4, -0.2) is 42.9 Å². The first kappa shape index (κ1) is 25.6. The lowest BCUT2D eigenvalue weighted by Gasteiger charge is -2.23. The Hall–Kier alpha value is -3.48. The summed E-state index contributed by atoms with van der Waals surface area (Å²) in [6.07, 6.45) is 2.39. The molecule has 3 aromatic rings. The first-order valence-corrected chi connectivity index (χ1v) is 12.7. The Morgan fingerprint density at radius 1 is 1.22 bits per heavy atom. The minimum atomic E-state index is -0.741. The van der Waals surface area contributed by atoms with Crippen molar-refractivity contribution in [1.82, 2.24) is 4.98 Å². The number of carboxylic acids is 1. The van der Waals surface area contributed by atoms with E-state index in [1.54, 1.807) is 14.0 Å². The fourth-order valence-corrected chi connectivity index (χ4v) is 5.09. The molecule has 4 rings (SSSR count). The van der Waals surface area contributed by atoms with Crippen LogP contribution in [-0.2, 0) is 17.6 Å². The van der Waals surface area contributed by atoms with Crippen molar-refractivity contribution in [3.05, 3.63) is 59.0 Å². The van der Waals surface area contributed by atoms with E-state index in [1.807, 2.05) is 31.2 Å². The molecule has 2 atom stereocenters. The molecule has 0 spiro atoms. The van der Waals surface area contributed by atoms with E-state index in [0.717, 1.165) is 65.7 Å². The Morgan fingerprint density at radius 2 is 2.00 bits per heavy atom. The molecular formula is C29H36N2O5. The number of hydrogen-bond donors (Lipinski definition) is 1. The summed E-state index contributed by atoms with van der Waals surface area (Å²) in [7, 11) is 1.69. The number of rotatable bonds is 11. The summed E-state index contributed by atoms with van der Waals surface area (Å²) in [5.74, 6) is 1.96. The maximum Gasteiger partial charge on any atom is 0.306 e. The van der Waals surface area contributed by atoms with Crippen molar-refractivity contribution in [1.29, 1.82) is 0 Å². The number of ether oxygens (including phenoxy) is 2. The van der Waals surface area contributed by atoms with Crippen molar-refractivity contribution < 1.29 is 23.8 Å². The van der Waals surface area contributed by atoms with Crippen LogP contribution in [0.25, 0.3) is 11.5 Å². The molecule has 1 aliphatic rings. The first-order chi connectivity index (χ1) is 17.4. The van der Waals surface area contributed by atoms with Crippen molar-refractivity contribution in [3.8, 4) is 23.0 Å². The predicted octanol–water partition coefficient (Wildman–Crippen LogP) is 5.88. The van der Waals surface area contributed by atoms with E-state index in [-0.39, 0.29) is 11.8 Å². The number of carbonyl (C=O) groups is 1. The SMILES string of the molecule is CCN(CC)c1cc(-c2nc(CCOc3ccc4c(c3)CC[C@H]4[C@H](C)C(=O)O)c(C)o2)ccc1OC. The summed E-state index contributed by atoms with van der Waals surface area (Å²) in [6, 6.07) is 12.0. The number of benzene rings is 2. The van der Waals surface area contributed by atoms with Gasteiger partial charge in [-0.15, -0.1) is 0 Å². The summed E-state index contributed by atoms with van der Waals surface area (Å²) in [5.41, 5.74) is 5.14. The molecule has 0 aliphatic heterocycles. The molecule has 0 unspecified atom stereocenters. The van der Waals surface area contributed by atoms with Gasteiger partial charge in [-0.3, -0.25) is 4.79 Å². The zero-order chi connectivity index (χ0) is 25.8. The van der Waals surface area contributed by atoms with E-state index in [1.165, 1.54) is 5.56 Å². The summed E-state index contributed by atoms with van der Waals surface area (Å²) in [4.78, 5) is 18.4. The van der Waals surface area contributed by atoms with Gasteiger partial charge in [-0.2, -0.15) is 0 Å². The number of anilines is 1. The van der Waals surface area contributed by atoms with Crippen LogP contribution in [0.1, 0.15) is 55.7 Å². The molecule has 1 heterocycles. The number of aromatic nitrogens is 1.